The van der Waals surface area contributed by atoms with Crippen molar-refractivity contribution in [2.24, 2.45) is 0 Å². The Hall–Kier alpha value is -1.89. The highest BCUT2D eigenvalue weighted by Gasteiger charge is 2.26. The summed E-state index contributed by atoms with van der Waals surface area (Å²) in [5, 5.41) is 3.72. The number of benzene rings is 1. The number of H-pyrrole nitrogens is 1. The number of amides is 1. The van der Waals surface area contributed by atoms with Crippen LogP contribution in [0.15, 0.2) is 24.3 Å². The minimum absolute atomic E-state index is 0.0923. The Labute approximate surface area is 157 Å². The molecule has 1 unspecified atom stereocenters. The quantitative estimate of drug-likeness (QED) is 0.858. The van der Waals surface area contributed by atoms with Crippen molar-refractivity contribution in [1.82, 2.24) is 20.2 Å². The highest BCUT2D eigenvalue weighted by atomic mass is 35.5. The number of fused-ring (bicyclic) bond motifs is 1. The fraction of sp³-hybridized carbons (Fsp3) is 0.474. The van der Waals surface area contributed by atoms with Crippen LogP contribution in [0.1, 0.15) is 33.5 Å². The van der Waals surface area contributed by atoms with Gasteiger partial charge in [0.1, 0.15) is 11.5 Å². The van der Waals surface area contributed by atoms with Crippen LogP contribution in [0.25, 0.3) is 0 Å². The number of carbonyl (C=O) groups is 1. The number of hydrogen-bond acceptors (Lipinski definition) is 4. The number of aromatic amines is 1. The second-order valence-electron chi connectivity index (χ2n) is 6.88. The molecule has 1 fully saturated rings. The Balaban J connectivity index is 1.47. The van der Waals surface area contributed by atoms with Gasteiger partial charge in [-0.15, -0.1) is 0 Å². The number of halogens is 1. The maximum absolute atomic E-state index is 12.4. The predicted octanol–water partition coefficient (Wildman–Crippen LogP) is 2.01. The molecule has 1 aromatic carbocycles. The van der Waals surface area contributed by atoms with Crippen molar-refractivity contribution < 1.29 is 9.53 Å². The lowest BCUT2D eigenvalue weighted by Gasteiger charge is -2.26. The summed E-state index contributed by atoms with van der Waals surface area (Å²) < 4.78 is 5.38. The Morgan fingerprint density at radius 3 is 2.77 bits per heavy atom. The van der Waals surface area contributed by atoms with Gasteiger partial charge < -0.3 is 15.0 Å². The zero-order valence-electron chi connectivity index (χ0n) is 14.6. The van der Waals surface area contributed by atoms with E-state index >= 15 is 0 Å². The number of rotatable bonds is 4. The molecule has 0 bridgehead atoms. The Bertz CT molecular complexity index is 768. The Morgan fingerprint density at radius 1 is 1.23 bits per heavy atom. The van der Waals surface area contributed by atoms with Crippen LogP contribution in [0.2, 0.25) is 5.02 Å². The lowest BCUT2D eigenvalue weighted by molar-refractivity contribution is 0.0382. The first-order valence-corrected chi connectivity index (χ1v) is 9.48. The largest absolute Gasteiger partial charge is 0.379 e. The van der Waals surface area contributed by atoms with Crippen molar-refractivity contribution in [2.75, 3.05) is 39.4 Å². The van der Waals surface area contributed by atoms with Crippen molar-refractivity contribution >= 4 is 17.5 Å². The van der Waals surface area contributed by atoms with Gasteiger partial charge in [-0.25, -0.2) is 4.98 Å². The van der Waals surface area contributed by atoms with E-state index in [0.717, 1.165) is 62.2 Å². The SMILES string of the molecule is O=C1NCC(c2ccc(Cl)cc2)Cc2[nH]c(CCN3CCOCC3)nc21. The maximum atomic E-state index is 12.4. The van der Waals surface area contributed by atoms with Crippen LogP contribution in [-0.2, 0) is 17.6 Å². The van der Waals surface area contributed by atoms with Crippen LogP contribution in [0.3, 0.4) is 0 Å². The lowest BCUT2D eigenvalue weighted by atomic mass is 9.94. The second-order valence-corrected chi connectivity index (χ2v) is 7.31. The second kappa shape index (κ2) is 7.78. The third-order valence-corrected chi connectivity index (χ3v) is 5.36. The number of morpholine rings is 1. The molecule has 1 amide bonds. The van der Waals surface area contributed by atoms with Gasteiger partial charge in [0.15, 0.2) is 0 Å². The van der Waals surface area contributed by atoms with Gasteiger partial charge in [-0.3, -0.25) is 9.69 Å². The topological polar surface area (TPSA) is 70.2 Å². The van der Waals surface area contributed by atoms with Crippen LogP contribution in [0, 0.1) is 0 Å². The van der Waals surface area contributed by atoms with Gasteiger partial charge >= 0.3 is 0 Å². The van der Waals surface area contributed by atoms with Crippen molar-refractivity contribution in [2.45, 2.75) is 18.8 Å². The predicted molar refractivity (Wildman–Crippen MR) is 99.8 cm³/mol. The molecular weight excluding hydrogens is 352 g/mol. The first-order valence-electron chi connectivity index (χ1n) is 9.10. The molecule has 1 saturated heterocycles. The van der Waals surface area contributed by atoms with E-state index in [9.17, 15) is 4.79 Å². The van der Waals surface area contributed by atoms with E-state index in [0.29, 0.717) is 12.2 Å². The molecule has 0 radical (unpaired) electrons. The molecule has 0 aliphatic carbocycles. The number of nitrogens with zero attached hydrogens (tertiary/aromatic N) is 2. The van der Waals surface area contributed by atoms with Gasteiger partial charge in [-0.1, -0.05) is 23.7 Å². The molecule has 0 spiro atoms. The fourth-order valence-electron chi connectivity index (χ4n) is 3.60. The molecule has 1 aromatic heterocycles. The molecule has 138 valence electrons. The van der Waals surface area contributed by atoms with E-state index in [1.807, 2.05) is 24.3 Å². The maximum Gasteiger partial charge on any atom is 0.271 e. The number of imidazole rings is 1. The van der Waals surface area contributed by atoms with E-state index in [2.05, 4.69) is 20.2 Å². The molecule has 2 aromatic rings. The molecule has 2 N–H and O–H groups in total. The number of aromatic nitrogens is 2. The van der Waals surface area contributed by atoms with E-state index < -0.39 is 0 Å². The number of nitrogens with one attached hydrogen (secondary N) is 2. The van der Waals surface area contributed by atoms with E-state index in [4.69, 9.17) is 16.3 Å². The first-order chi connectivity index (χ1) is 12.7. The summed E-state index contributed by atoms with van der Waals surface area (Å²) in [4.78, 5) is 22.8. The van der Waals surface area contributed by atoms with Crippen molar-refractivity contribution in [3.05, 3.63) is 52.1 Å². The van der Waals surface area contributed by atoms with Crippen molar-refractivity contribution in [3.63, 3.8) is 0 Å². The molecule has 4 rings (SSSR count). The summed E-state index contributed by atoms with van der Waals surface area (Å²) in [6, 6.07) is 7.84. The molecule has 1 atom stereocenters. The monoisotopic (exact) mass is 374 g/mol. The zero-order chi connectivity index (χ0) is 17.9. The van der Waals surface area contributed by atoms with Crippen LogP contribution < -0.4 is 5.32 Å². The number of ether oxygens (including phenoxy) is 1. The van der Waals surface area contributed by atoms with E-state index in [-0.39, 0.29) is 11.8 Å². The minimum Gasteiger partial charge on any atom is -0.379 e. The van der Waals surface area contributed by atoms with Gasteiger partial charge in [0.2, 0.25) is 0 Å². The van der Waals surface area contributed by atoms with Gasteiger partial charge in [0.25, 0.3) is 5.91 Å². The first kappa shape index (κ1) is 17.5. The van der Waals surface area contributed by atoms with Crippen LogP contribution in [0.5, 0.6) is 0 Å². The summed E-state index contributed by atoms with van der Waals surface area (Å²) in [6.07, 6.45) is 1.58. The van der Waals surface area contributed by atoms with Gasteiger partial charge in [0, 0.05) is 49.2 Å². The molecular formula is C19H23ClN4O2. The zero-order valence-corrected chi connectivity index (χ0v) is 15.4. The summed E-state index contributed by atoms with van der Waals surface area (Å²) in [5.41, 5.74) is 2.64. The van der Waals surface area contributed by atoms with Gasteiger partial charge in [0.05, 0.1) is 13.2 Å². The number of hydrogen-bond donors (Lipinski definition) is 2. The van der Waals surface area contributed by atoms with Crippen LogP contribution >= 0.6 is 11.6 Å². The summed E-state index contributed by atoms with van der Waals surface area (Å²) in [7, 11) is 0. The smallest absolute Gasteiger partial charge is 0.271 e. The average Bonchev–Trinajstić information content (AvgIpc) is 3.01. The third kappa shape index (κ3) is 3.92. The molecule has 0 saturated carbocycles. The lowest BCUT2D eigenvalue weighted by Crippen LogP contribution is -2.37. The van der Waals surface area contributed by atoms with Crippen molar-refractivity contribution in [3.8, 4) is 0 Å². The average molecular weight is 375 g/mol. The minimum atomic E-state index is -0.0923. The molecule has 26 heavy (non-hydrogen) atoms. The van der Waals surface area contributed by atoms with Gasteiger partial charge in [-0.2, -0.15) is 0 Å². The molecule has 6 nitrogen and oxygen atoms in total. The van der Waals surface area contributed by atoms with E-state index in [1.54, 1.807) is 0 Å². The van der Waals surface area contributed by atoms with Crippen LogP contribution in [0.4, 0.5) is 0 Å². The fourth-order valence-corrected chi connectivity index (χ4v) is 3.72. The van der Waals surface area contributed by atoms with Gasteiger partial charge in [-0.05, 0) is 24.1 Å². The number of carbonyl (C=O) groups excluding carboxylic acids is 1. The third-order valence-electron chi connectivity index (χ3n) is 5.11. The highest BCUT2D eigenvalue weighted by Crippen LogP contribution is 2.25. The normalized spacial score (nSPS) is 21.1. The highest BCUT2D eigenvalue weighted by molar-refractivity contribution is 6.30. The van der Waals surface area contributed by atoms with Crippen molar-refractivity contribution in [1.29, 1.82) is 0 Å². The molecule has 7 heteroatoms. The Kier molecular flexibility index (Phi) is 5.24. The Morgan fingerprint density at radius 2 is 2.00 bits per heavy atom. The summed E-state index contributed by atoms with van der Waals surface area (Å²) in [5.74, 6) is 1.00. The molecule has 3 heterocycles. The van der Waals surface area contributed by atoms with Crippen LogP contribution in [-0.4, -0.2) is 60.2 Å². The standard InChI is InChI=1S/C19H23ClN4O2/c20-15-3-1-13(2-4-15)14-11-16-18(19(25)21-12-14)23-17(22-16)5-6-24-7-9-26-10-8-24/h1-4,14H,5-12H2,(H,21,25)(H,22,23). The molecule has 2 aliphatic heterocycles. The summed E-state index contributed by atoms with van der Waals surface area (Å²) >= 11 is 5.99. The van der Waals surface area contributed by atoms with E-state index in [1.165, 1.54) is 5.56 Å². The summed E-state index contributed by atoms with van der Waals surface area (Å²) in [6.45, 7) is 5.03. The molecule has 2 aliphatic rings.